The number of nitrogens with zero attached hydrogens (tertiary/aromatic N) is 3. The number of anilines is 2. The number of aliphatic hydroxyl groups is 2. The van der Waals surface area contributed by atoms with Crippen LogP contribution in [-0.2, 0) is 0 Å². The SMILES string of the molecule is CCCOc1nc(NC)nc(NC(CC)(CO)CO)n1. The van der Waals surface area contributed by atoms with E-state index in [9.17, 15) is 10.2 Å². The summed E-state index contributed by atoms with van der Waals surface area (Å²) in [4.78, 5) is 12.3. The fourth-order valence-corrected chi connectivity index (χ4v) is 1.46. The maximum Gasteiger partial charge on any atom is 0.323 e. The van der Waals surface area contributed by atoms with Crippen LogP contribution in [0.3, 0.4) is 0 Å². The minimum Gasteiger partial charge on any atom is -0.463 e. The molecule has 8 heteroatoms. The largest absolute Gasteiger partial charge is 0.463 e. The van der Waals surface area contributed by atoms with E-state index in [1.165, 1.54) is 0 Å². The third-order valence-electron chi connectivity index (χ3n) is 2.93. The first kappa shape index (κ1) is 16.4. The van der Waals surface area contributed by atoms with Gasteiger partial charge in [-0.2, -0.15) is 15.0 Å². The van der Waals surface area contributed by atoms with E-state index in [0.717, 1.165) is 6.42 Å². The zero-order valence-electron chi connectivity index (χ0n) is 12.2. The van der Waals surface area contributed by atoms with Gasteiger partial charge in [-0.05, 0) is 12.8 Å². The highest BCUT2D eigenvalue weighted by atomic mass is 16.5. The van der Waals surface area contributed by atoms with Crippen molar-refractivity contribution in [3.8, 4) is 6.01 Å². The number of hydrogen-bond donors (Lipinski definition) is 4. The lowest BCUT2D eigenvalue weighted by Crippen LogP contribution is -2.45. The summed E-state index contributed by atoms with van der Waals surface area (Å²) in [5.74, 6) is 0.606. The molecule has 1 heterocycles. The zero-order chi connectivity index (χ0) is 15.0. The molecule has 4 N–H and O–H groups in total. The predicted octanol–water partition coefficient (Wildman–Crippen LogP) is 0.247. The molecule has 0 saturated heterocycles. The first-order valence-corrected chi connectivity index (χ1v) is 6.69. The predicted molar refractivity (Wildman–Crippen MR) is 76.0 cm³/mol. The second kappa shape index (κ2) is 7.81. The van der Waals surface area contributed by atoms with Crippen molar-refractivity contribution in [1.29, 1.82) is 0 Å². The maximum absolute atomic E-state index is 9.43. The molecule has 0 radical (unpaired) electrons. The molecule has 0 aliphatic heterocycles. The highest BCUT2D eigenvalue weighted by molar-refractivity contribution is 5.37. The van der Waals surface area contributed by atoms with Crippen molar-refractivity contribution in [3.63, 3.8) is 0 Å². The molecule has 0 amide bonds. The normalized spacial score (nSPS) is 11.2. The Kier molecular flexibility index (Phi) is 6.40. The number of rotatable bonds is 9. The van der Waals surface area contributed by atoms with Crippen molar-refractivity contribution in [3.05, 3.63) is 0 Å². The molecule has 8 nitrogen and oxygen atoms in total. The number of hydrogen-bond acceptors (Lipinski definition) is 8. The van der Waals surface area contributed by atoms with Gasteiger partial charge in [-0.25, -0.2) is 0 Å². The van der Waals surface area contributed by atoms with E-state index < -0.39 is 5.54 Å². The molecule has 0 bridgehead atoms. The fourth-order valence-electron chi connectivity index (χ4n) is 1.46. The van der Waals surface area contributed by atoms with Gasteiger partial charge in [0.2, 0.25) is 11.9 Å². The van der Waals surface area contributed by atoms with E-state index in [4.69, 9.17) is 4.74 Å². The molecule has 1 aromatic rings. The summed E-state index contributed by atoms with van der Waals surface area (Å²) >= 11 is 0. The van der Waals surface area contributed by atoms with Gasteiger partial charge in [0.05, 0.1) is 25.4 Å². The lowest BCUT2D eigenvalue weighted by molar-refractivity contribution is 0.132. The van der Waals surface area contributed by atoms with Crippen molar-refractivity contribution in [1.82, 2.24) is 15.0 Å². The molecule has 0 saturated carbocycles. The zero-order valence-corrected chi connectivity index (χ0v) is 12.2. The summed E-state index contributed by atoms with van der Waals surface area (Å²) in [5.41, 5.74) is -0.867. The van der Waals surface area contributed by atoms with E-state index >= 15 is 0 Å². The lowest BCUT2D eigenvalue weighted by Gasteiger charge is -2.29. The Morgan fingerprint density at radius 2 is 1.75 bits per heavy atom. The molecule has 0 aliphatic carbocycles. The monoisotopic (exact) mass is 285 g/mol. The first-order valence-electron chi connectivity index (χ1n) is 6.69. The van der Waals surface area contributed by atoms with Crippen LogP contribution in [0.1, 0.15) is 26.7 Å². The van der Waals surface area contributed by atoms with Crippen LogP contribution in [0.5, 0.6) is 6.01 Å². The molecule has 114 valence electrons. The Morgan fingerprint density at radius 1 is 1.10 bits per heavy atom. The van der Waals surface area contributed by atoms with Crippen LogP contribution in [0.2, 0.25) is 0 Å². The van der Waals surface area contributed by atoms with Gasteiger partial charge in [-0.3, -0.25) is 0 Å². The van der Waals surface area contributed by atoms with E-state index in [1.54, 1.807) is 7.05 Å². The number of aromatic nitrogens is 3. The summed E-state index contributed by atoms with van der Waals surface area (Å²) in [5, 5.41) is 24.6. The minimum atomic E-state index is -0.867. The minimum absolute atomic E-state index is 0.203. The van der Waals surface area contributed by atoms with Gasteiger partial charge in [0, 0.05) is 7.05 Å². The third-order valence-corrected chi connectivity index (χ3v) is 2.93. The van der Waals surface area contributed by atoms with Crippen LogP contribution in [0.25, 0.3) is 0 Å². The Labute approximate surface area is 118 Å². The van der Waals surface area contributed by atoms with E-state index in [1.807, 2.05) is 13.8 Å². The molecular formula is C12H23N5O3. The quantitative estimate of drug-likeness (QED) is 0.510. The molecular weight excluding hydrogens is 262 g/mol. The van der Waals surface area contributed by atoms with Crippen LogP contribution in [0, 0.1) is 0 Å². The third kappa shape index (κ3) is 4.17. The molecule has 0 aliphatic rings. The smallest absolute Gasteiger partial charge is 0.323 e. The van der Waals surface area contributed by atoms with Crippen LogP contribution in [-0.4, -0.2) is 57.6 Å². The number of nitrogens with one attached hydrogen (secondary N) is 2. The molecule has 1 rings (SSSR count). The number of ether oxygens (including phenoxy) is 1. The molecule has 0 atom stereocenters. The van der Waals surface area contributed by atoms with Crippen molar-refractivity contribution in [2.75, 3.05) is 37.5 Å². The van der Waals surface area contributed by atoms with Crippen LogP contribution in [0.15, 0.2) is 0 Å². The molecule has 0 spiro atoms. The van der Waals surface area contributed by atoms with E-state index in [0.29, 0.717) is 19.0 Å². The topological polar surface area (TPSA) is 112 Å². The molecule has 1 aromatic heterocycles. The molecule has 20 heavy (non-hydrogen) atoms. The van der Waals surface area contributed by atoms with Crippen molar-refractivity contribution in [2.45, 2.75) is 32.2 Å². The average molecular weight is 285 g/mol. The van der Waals surface area contributed by atoms with Gasteiger partial charge in [0.25, 0.3) is 0 Å². The fraction of sp³-hybridized carbons (Fsp3) is 0.750. The van der Waals surface area contributed by atoms with Crippen LogP contribution in [0.4, 0.5) is 11.9 Å². The molecule has 0 fully saturated rings. The maximum atomic E-state index is 9.43. The van der Waals surface area contributed by atoms with Crippen LogP contribution >= 0.6 is 0 Å². The molecule has 0 aromatic carbocycles. The summed E-state index contributed by atoms with van der Waals surface area (Å²) in [6.45, 7) is 3.88. The lowest BCUT2D eigenvalue weighted by atomic mass is 9.99. The first-order chi connectivity index (χ1) is 9.62. The highest BCUT2D eigenvalue weighted by Gasteiger charge is 2.27. The summed E-state index contributed by atoms with van der Waals surface area (Å²) in [6.07, 6.45) is 1.36. The van der Waals surface area contributed by atoms with E-state index in [2.05, 4.69) is 25.6 Å². The van der Waals surface area contributed by atoms with Crippen molar-refractivity contribution < 1.29 is 14.9 Å². The summed E-state index contributed by atoms with van der Waals surface area (Å²) in [7, 11) is 1.69. The van der Waals surface area contributed by atoms with Gasteiger partial charge in [-0.15, -0.1) is 0 Å². The van der Waals surface area contributed by atoms with Gasteiger partial charge < -0.3 is 25.6 Å². The van der Waals surface area contributed by atoms with Crippen molar-refractivity contribution >= 4 is 11.9 Å². The second-order valence-corrected chi connectivity index (χ2v) is 4.44. The summed E-state index contributed by atoms with van der Waals surface area (Å²) < 4.78 is 5.39. The van der Waals surface area contributed by atoms with Crippen molar-refractivity contribution in [2.24, 2.45) is 0 Å². The van der Waals surface area contributed by atoms with Gasteiger partial charge in [0.15, 0.2) is 0 Å². The number of aliphatic hydroxyl groups excluding tert-OH is 2. The van der Waals surface area contributed by atoms with Crippen LogP contribution < -0.4 is 15.4 Å². The Bertz CT molecular complexity index is 404. The molecule has 0 unspecified atom stereocenters. The second-order valence-electron chi connectivity index (χ2n) is 4.44. The Balaban J connectivity index is 2.98. The Hall–Kier alpha value is -1.67. The Morgan fingerprint density at radius 3 is 2.25 bits per heavy atom. The van der Waals surface area contributed by atoms with Gasteiger partial charge >= 0.3 is 6.01 Å². The average Bonchev–Trinajstić information content (AvgIpc) is 2.50. The summed E-state index contributed by atoms with van der Waals surface area (Å²) in [6, 6.07) is 0.203. The van der Waals surface area contributed by atoms with Gasteiger partial charge in [-0.1, -0.05) is 13.8 Å². The van der Waals surface area contributed by atoms with Gasteiger partial charge in [0.1, 0.15) is 0 Å². The highest BCUT2D eigenvalue weighted by Crippen LogP contribution is 2.18. The van der Waals surface area contributed by atoms with E-state index in [-0.39, 0.29) is 25.2 Å². The standard InChI is InChI=1S/C12H23N5O3/c1-4-6-20-11-15-9(13-3)14-10(16-11)17-12(5-2,7-18)8-19/h18-19H,4-8H2,1-3H3,(H2,13,14,15,16,17).